The number of fused-ring (bicyclic) bond motifs is 1. The summed E-state index contributed by atoms with van der Waals surface area (Å²) in [5.74, 6) is 3.05. The minimum absolute atomic E-state index is 0.0544. The molecule has 2 aliphatic rings. The van der Waals surface area contributed by atoms with Crippen molar-refractivity contribution >= 4 is 5.91 Å². The molecular formula is C26H34N2O5. The molecule has 3 atom stereocenters. The van der Waals surface area contributed by atoms with Crippen LogP contribution in [0.1, 0.15) is 35.2 Å². The lowest BCUT2D eigenvalue weighted by Gasteiger charge is -2.43. The Hall–Kier alpha value is -2.93. The molecule has 7 heteroatoms. The molecule has 1 N–H and O–H groups in total. The van der Waals surface area contributed by atoms with Crippen molar-refractivity contribution in [1.29, 1.82) is 0 Å². The molecule has 1 amide bonds. The second-order valence-corrected chi connectivity index (χ2v) is 9.13. The molecule has 1 aliphatic heterocycles. The van der Waals surface area contributed by atoms with Crippen LogP contribution in [0.25, 0.3) is 0 Å². The lowest BCUT2D eigenvalue weighted by Crippen LogP contribution is -2.47. The average molecular weight is 455 g/mol. The molecule has 0 aromatic heterocycles. The summed E-state index contributed by atoms with van der Waals surface area (Å²) in [6, 6.07) is 11.7. The van der Waals surface area contributed by atoms with Crippen molar-refractivity contribution < 1.29 is 23.7 Å². The fraction of sp³-hybridized carbons (Fsp3) is 0.500. The summed E-state index contributed by atoms with van der Waals surface area (Å²) in [5, 5.41) is 3.26. The first-order valence-corrected chi connectivity index (χ1v) is 11.4. The van der Waals surface area contributed by atoms with Gasteiger partial charge in [0.05, 0.1) is 28.4 Å². The Morgan fingerprint density at radius 2 is 1.58 bits per heavy atom. The van der Waals surface area contributed by atoms with E-state index in [1.54, 1.807) is 46.6 Å². The molecule has 33 heavy (non-hydrogen) atoms. The van der Waals surface area contributed by atoms with Crippen LogP contribution in [-0.2, 0) is 5.41 Å². The zero-order chi connectivity index (χ0) is 23.6. The molecule has 2 aromatic rings. The van der Waals surface area contributed by atoms with Gasteiger partial charge in [-0.2, -0.15) is 0 Å². The SMILES string of the molecule is COc1ccc(C(=O)N[C@H]2CC[C@]3(c4ccc(OC)c(OC)c4)CN(C)C[C@H]3C2)cc1OC. The number of benzene rings is 2. The van der Waals surface area contributed by atoms with E-state index in [0.29, 0.717) is 23.0 Å². The number of hydrogen-bond donors (Lipinski definition) is 1. The van der Waals surface area contributed by atoms with Gasteiger partial charge in [-0.15, -0.1) is 0 Å². The van der Waals surface area contributed by atoms with Crippen molar-refractivity contribution in [2.24, 2.45) is 5.92 Å². The van der Waals surface area contributed by atoms with E-state index in [-0.39, 0.29) is 17.4 Å². The van der Waals surface area contributed by atoms with Crippen LogP contribution >= 0.6 is 0 Å². The van der Waals surface area contributed by atoms with Gasteiger partial charge >= 0.3 is 0 Å². The highest BCUT2D eigenvalue weighted by Gasteiger charge is 2.50. The van der Waals surface area contributed by atoms with Gasteiger partial charge < -0.3 is 29.2 Å². The Morgan fingerprint density at radius 3 is 2.24 bits per heavy atom. The van der Waals surface area contributed by atoms with E-state index in [0.717, 1.165) is 43.9 Å². The molecule has 0 radical (unpaired) electrons. The molecular weight excluding hydrogens is 420 g/mol. The Labute approximate surface area is 196 Å². The first kappa shape index (κ1) is 23.2. The van der Waals surface area contributed by atoms with Gasteiger partial charge in [-0.05, 0) is 68.1 Å². The van der Waals surface area contributed by atoms with E-state index in [1.165, 1.54) is 5.56 Å². The Balaban J connectivity index is 1.52. The van der Waals surface area contributed by atoms with Crippen LogP contribution in [0.15, 0.2) is 36.4 Å². The highest BCUT2D eigenvalue weighted by Crippen LogP contribution is 2.49. The number of carbonyl (C=O) groups is 1. The van der Waals surface area contributed by atoms with Gasteiger partial charge in [-0.3, -0.25) is 4.79 Å². The molecule has 0 bridgehead atoms. The topological polar surface area (TPSA) is 69.3 Å². The normalized spacial score (nSPS) is 24.6. The molecule has 178 valence electrons. The van der Waals surface area contributed by atoms with Gasteiger partial charge in [0.15, 0.2) is 23.0 Å². The van der Waals surface area contributed by atoms with Crippen molar-refractivity contribution in [1.82, 2.24) is 10.2 Å². The number of rotatable bonds is 7. The van der Waals surface area contributed by atoms with Crippen molar-refractivity contribution in [3.8, 4) is 23.0 Å². The van der Waals surface area contributed by atoms with E-state index >= 15 is 0 Å². The van der Waals surface area contributed by atoms with Gasteiger partial charge in [0, 0.05) is 30.1 Å². The monoisotopic (exact) mass is 454 g/mol. The lowest BCUT2D eigenvalue weighted by atomic mass is 9.63. The minimum atomic E-state index is -0.0779. The van der Waals surface area contributed by atoms with Crippen molar-refractivity contribution in [3.63, 3.8) is 0 Å². The van der Waals surface area contributed by atoms with Gasteiger partial charge in [0.25, 0.3) is 5.91 Å². The second-order valence-electron chi connectivity index (χ2n) is 9.13. The van der Waals surface area contributed by atoms with Gasteiger partial charge in [0.2, 0.25) is 0 Å². The molecule has 1 saturated carbocycles. The number of nitrogens with one attached hydrogen (secondary N) is 1. The lowest BCUT2D eigenvalue weighted by molar-refractivity contribution is 0.0904. The van der Waals surface area contributed by atoms with E-state index in [9.17, 15) is 4.79 Å². The Kier molecular flexibility index (Phi) is 6.70. The zero-order valence-corrected chi connectivity index (χ0v) is 20.1. The third-order valence-corrected chi connectivity index (χ3v) is 7.31. The molecule has 2 aromatic carbocycles. The van der Waals surface area contributed by atoms with E-state index < -0.39 is 0 Å². The highest BCUT2D eigenvalue weighted by molar-refractivity contribution is 5.95. The second kappa shape index (κ2) is 9.51. The molecule has 1 heterocycles. The van der Waals surface area contributed by atoms with Crippen LogP contribution in [0.4, 0.5) is 0 Å². The predicted molar refractivity (Wildman–Crippen MR) is 127 cm³/mol. The maximum absolute atomic E-state index is 13.0. The van der Waals surface area contributed by atoms with E-state index in [2.05, 4.69) is 29.4 Å². The quantitative estimate of drug-likeness (QED) is 0.691. The number of hydrogen-bond acceptors (Lipinski definition) is 6. The number of amides is 1. The van der Waals surface area contributed by atoms with Crippen LogP contribution < -0.4 is 24.3 Å². The molecule has 0 unspecified atom stereocenters. The summed E-state index contributed by atoms with van der Waals surface area (Å²) in [7, 11) is 8.68. The summed E-state index contributed by atoms with van der Waals surface area (Å²) in [5.41, 5.74) is 1.92. The summed E-state index contributed by atoms with van der Waals surface area (Å²) in [6.45, 7) is 2.01. The number of carbonyl (C=O) groups excluding carboxylic acids is 1. The molecule has 1 saturated heterocycles. The molecule has 0 spiro atoms. The number of nitrogens with zero attached hydrogens (tertiary/aromatic N) is 1. The summed E-state index contributed by atoms with van der Waals surface area (Å²) in [4.78, 5) is 15.4. The molecule has 2 fully saturated rings. The number of methoxy groups -OCH3 is 4. The fourth-order valence-electron chi connectivity index (χ4n) is 5.70. The number of ether oxygens (including phenoxy) is 4. The number of likely N-dealkylation sites (N-methyl/N-ethyl adjacent to an activating group) is 1. The zero-order valence-electron chi connectivity index (χ0n) is 20.1. The predicted octanol–water partition coefficient (Wildman–Crippen LogP) is 3.50. The summed E-state index contributed by atoms with van der Waals surface area (Å²) in [6.07, 6.45) is 2.88. The summed E-state index contributed by atoms with van der Waals surface area (Å²) < 4.78 is 21.7. The third-order valence-electron chi connectivity index (χ3n) is 7.31. The largest absolute Gasteiger partial charge is 0.493 e. The molecule has 4 rings (SSSR count). The molecule has 1 aliphatic carbocycles. The first-order chi connectivity index (χ1) is 15.9. The fourth-order valence-corrected chi connectivity index (χ4v) is 5.70. The van der Waals surface area contributed by atoms with Gasteiger partial charge in [-0.25, -0.2) is 0 Å². The Morgan fingerprint density at radius 1 is 0.939 bits per heavy atom. The first-order valence-electron chi connectivity index (χ1n) is 11.4. The van der Waals surface area contributed by atoms with Crippen molar-refractivity contribution in [2.75, 3.05) is 48.6 Å². The van der Waals surface area contributed by atoms with E-state index in [1.807, 2.05) is 6.07 Å². The third kappa shape index (κ3) is 4.34. The maximum atomic E-state index is 13.0. The van der Waals surface area contributed by atoms with Crippen LogP contribution in [-0.4, -0.2) is 65.4 Å². The van der Waals surface area contributed by atoms with Crippen LogP contribution in [0, 0.1) is 5.92 Å². The highest BCUT2D eigenvalue weighted by atomic mass is 16.5. The van der Waals surface area contributed by atoms with E-state index in [4.69, 9.17) is 18.9 Å². The number of likely N-dealkylation sites (tertiary alicyclic amines) is 1. The van der Waals surface area contributed by atoms with Gasteiger partial charge in [0.1, 0.15) is 0 Å². The maximum Gasteiger partial charge on any atom is 0.251 e. The van der Waals surface area contributed by atoms with Crippen LogP contribution in [0.5, 0.6) is 23.0 Å². The molecule has 7 nitrogen and oxygen atoms in total. The Bertz CT molecular complexity index is 1010. The van der Waals surface area contributed by atoms with Gasteiger partial charge in [-0.1, -0.05) is 6.07 Å². The minimum Gasteiger partial charge on any atom is -0.493 e. The average Bonchev–Trinajstić information content (AvgIpc) is 3.19. The standard InChI is InChI=1S/C26H34N2O5/c1-28-15-19-13-20(27-25(29)17-6-8-21(30-2)23(12-17)32-4)10-11-26(19,16-28)18-7-9-22(31-3)24(14-18)33-5/h6-9,12,14,19-20H,10-11,13,15-16H2,1-5H3,(H,27,29)/t19-,20+,26-/m1/s1. The van der Waals surface area contributed by atoms with Crippen molar-refractivity contribution in [3.05, 3.63) is 47.5 Å². The van der Waals surface area contributed by atoms with Crippen LogP contribution in [0.3, 0.4) is 0 Å². The summed E-state index contributed by atoms with van der Waals surface area (Å²) >= 11 is 0. The van der Waals surface area contributed by atoms with Crippen LogP contribution in [0.2, 0.25) is 0 Å². The smallest absolute Gasteiger partial charge is 0.251 e. The van der Waals surface area contributed by atoms with Crippen molar-refractivity contribution in [2.45, 2.75) is 30.7 Å².